The molecule has 0 unspecified atom stereocenters. The number of pyridine rings is 1. The van der Waals surface area contributed by atoms with Crippen LogP contribution in [0.4, 0.5) is 5.82 Å². The molecule has 0 saturated carbocycles. The Kier molecular flexibility index (Phi) is 3.20. The fourth-order valence-electron chi connectivity index (χ4n) is 1.16. The molecule has 0 aliphatic heterocycles. The Hall–Kier alpha value is -2.48. The van der Waals surface area contributed by atoms with E-state index < -0.39 is 16.3 Å². The minimum Gasteiger partial charge on any atom is -0.446 e. The van der Waals surface area contributed by atoms with Gasteiger partial charge in [0.1, 0.15) is 6.20 Å². The van der Waals surface area contributed by atoms with Crippen molar-refractivity contribution in [3.8, 4) is 11.5 Å². The van der Waals surface area contributed by atoms with Gasteiger partial charge in [0, 0.05) is 11.8 Å². The van der Waals surface area contributed by atoms with E-state index in [1.807, 2.05) is 0 Å². The number of halogens is 1. The minimum atomic E-state index is -0.689. The van der Waals surface area contributed by atoms with Crippen LogP contribution in [0.3, 0.4) is 0 Å². The molecule has 92 valence electrons. The van der Waals surface area contributed by atoms with Crippen LogP contribution in [-0.4, -0.2) is 19.2 Å². The van der Waals surface area contributed by atoms with Crippen molar-refractivity contribution in [2.45, 2.75) is 0 Å². The standard InChI is InChI=1S/C9H5ClN4O4/c10-13-8(15)4-6(5-12-13)18-7-2-1-3-11-9(7)14(16)17/h1-5H. The molecule has 8 nitrogen and oxygen atoms in total. The highest BCUT2D eigenvalue weighted by Gasteiger charge is 2.16. The van der Waals surface area contributed by atoms with E-state index in [1.54, 1.807) is 0 Å². The van der Waals surface area contributed by atoms with Gasteiger partial charge in [-0.25, -0.2) is 0 Å². The average molecular weight is 269 g/mol. The van der Waals surface area contributed by atoms with Crippen LogP contribution in [0.25, 0.3) is 0 Å². The molecule has 0 spiro atoms. The highest BCUT2D eigenvalue weighted by Crippen LogP contribution is 2.27. The largest absolute Gasteiger partial charge is 0.446 e. The third-order valence-electron chi connectivity index (χ3n) is 1.89. The van der Waals surface area contributed by atoms with Crippen molar-refractivity contribution in [1.82, 2.24) is 14.3 Å². The molecule has 2 heterocycles. The number of ether oxygens (including phenoxy) is 1. The van der Waals surface area contributed by atoms with Gasteiger partial charge in [0.05, 0.1) is 12.3 Å². The highest BCUT2D eigenvalue weighted by molar-refractivity contribution is 6.14. The van der Waals surface area contributed by atoms with Gasteiger partial charge in [0.2, 0.25) is 5.75 Å². The molecule has 9 heteroatoms. The molecule has 0 fully saturated rings. The fourth-order valence-corrected chi connectivity index (χ4v) is 1.25. The molecule has 0 amide bonds. The van der Waals surface area contributed by atoms with E-state index in [2.05, 4.69) is 10.1 Å². The van der Waals surface area contributed by atoms with E-state index in [4.69, 9.17) is 16.5 Å². The van der Waals surface area contributed by atoms with Crippen molar-refractivity contribution in [3.05, 3.63) is 51.1 Å². The second-order valence-electron chi connectivity index (χ2n) is 3.07. The molecule has 2 rings (SSSR count). The summed E-state index contributed by atoms with van der Waals surface area (Å²) in [5.41, 5.74) is -0.610. The van der Waals surface area contributed by atoms with Crippen molar-refractivity contribution in [2.75, 3.05) is 0 Å². The van der Waals surface area contributed by atoms with E-state index in [9.17, 15) is 14.9 Å². The summed E-state index contributed by atoms with van der Waals surface area (Å²) in [5.74, 6) is -0.503. The predicted molar refractivity (Wildman–Crippen MR) is 60.7 cm³/mol. The van der Waals surface area contributed by atoms with Gasteiger partial charge < -0.3 is 14.9 Å². The lowest BCUT2D eigenvalue weighted by atomic mass is 10.4. The first-order valence-corrected chi connectivity index (χ1v) is 4.94. The molecule has 2 aromatic rings. The van der Waals surface area contributed by atoms with Gasteiger partial charge >= 0.3 is 5.82 Å². The van der Waals surface area contributed by atoms with Crippen molar-refractivity contribution in [3.63, 3.8) is 0 Å². The molecular weight excluding hydrogens is 264 g/mol. The fraction of sp³-hybridized carbons (Fsp3) is 0. The van der Waals surface area contributed by atoms with Crippen LogP contribution in [0.2, 0.25) is 0 Å². The first-order chi connectivity index (χ1) is 8.58. The Morgan fingerprint density at radius 1 is 1.50 bits per heavy atom. The molecule has 2 aromatic heterocycles. The second kappa shape index (κ2) is 4.80. The first kappa shape index (κ1) is 12.0. The lowest BCUT2D eigenvalue weighted by molar-refractivity contribution is -0.390. The van der Waals surface area contributed by atoms with Gasteiger partial charge in [-0.05, 0) is 22.0 Å². The summed E-state index contributed by atoms with van der Waals surface area (Å²) in [6.45, 7) is 0. The van der Waals surface area contributed by atoms with Crippen molar-refractivity contribution >= 4 is 17.6 Å². The Morgan fingerprint density at radius 2 is 2.28 bits per heavy atom. The summed E-state index contributed by atoms with van der Waals surface area (Å²) in [4.78, 5) is 24.8. The zero-order valence-electron chi connectivity index (χ0n) is 8.69. The third kappa shape index (κ3) is 2.43. The van der Waals surface area contributed by atoms with Gasteiger partial charge in [-0.3, -0.25) is 4.79 Å². The summed E-state index contributed by atoms with van der Waals surface area (Å²) in [7, 11) is 0. The van der Waals surface area contributed by atoms with Gasteiger partial charge in [0.25, 0.3) is 5.56 Å². The molecule has 0 bridgehead atoms. The topological polar surface area (TPSA) is 100 Å². The van der Waals surface area contributed by atoms with Crippen LogP contribution in [0, 0.1) is 10.1 Å². The molecule has 0 aliphatic carbocycles. The Labute approximate surface area is 105 Å². The van der Waals surface area contributed by atoms with Crippen LogP contribution in [0.5, 0.6) is 11.5 Å². The van der Waals surface area contributed by atoms with Gasteiger partial charge in [-0.1, -0.05) is 0 Å². The lowest BCUT2D eigenvalue weighted by Crippen LogP contribution is -2.13. The number of nitrogens with zero attached hydrogens (tertiary/aromatic N) is 4. The highest BCUT2D eigenvalue weighted by atomic mass is 35.5. The summed E-state index contributed by atoms with van der Waals surface area (Å²) in [6, 6.07) is 3.88. The van der Waals surface area contributed by atoms with Crippen LogP contribution in [0.15, 0.2) is 35.4 Å². The first-order valence-electron chi connectivity index (χ1n) is 4.61. The van der Waals surface area contributed by atoms with E-state index in [1.165, 1.54) is 18.3 Å². The summed E-state index contributed by atoms with van der Waals surface area (Å²) < 4.78 is 5.76. The van der Waals surface area contributed by atoms with Crippen molar-refractivity contribution in [1.29, 1.82) is 0 Å². The maximum Gasteiger partial charge on any atom is 0.406 e. The van der Waals surface area contributed by atoms with Crippen LogP contribution in [-0.2, 0) is 0 Å². The minimum absolute atomic E-state index is 0.0352. The SMILES string of the molecule is O=c1cc(Oc2cccnc2[N+](=O)[O-])cnn1Cl. The monoisotopic (exact) mass is 268 g/mol. The Bertz CT molecular complexity index is 657. The van der Waals surface area contributed by atoms with Crippen LogP contribution in [0.1, 0.15) is 0 Å². The Morgan fingerprint density at radius 3 is 2.94 bits per heavy atom. The predicted octanol–water partition coefficient (Wildman–Crippen LogP) is 1.34. The maximum atomic E-state index is 11.2. The maximum absolute atomic E-state index is 11.2. The van der Waals surface area contributed by atoms with Crippen LogP contribution < -0.4 is 10.3 Å². The number of nitro groups is 1. The van der Waals surface area contributed by atoms with Crippen molar-refractivity contribution < 1.29 is 9.66 Å². The molecule has 0 aliphatic rings. The third-order valence-corrected chi connectivity index (χ3v) is 2.14. The van der Waals surface area contributed by atoms with E-state index in [0.29, 0.717) is 4.20 Å². The zero-order valence-corrected chi connectivity index (χ0v) is 9.44. The quantitative estimate of drug-likeness (QED) is 0.615. The van der Waals surface area contributed by atoms with Crippen LogP contribution >= 0.6 is 11.8 Å². The molecule has 0 atom stereocenters. The molecule has 0 saturated heterocycles. The molecular formula is C9H5ClN4O4. The Balaban J connectivity index is 2.37. The molecule has 18 heavy (non-hydrogen) atoms. The summed E-state index contributed by atoms with van der Waals surface area (Å²) in [6.07, 6.45) is 2.42. The number of rotatable bonds is 3. The second-order valence-corrected chi connectivity index (χ2v) is 3.39. The van der Waals surface area contributed by atoms with E-state index in [0.717, 1.165) is 12.3 Å². The lowest BCUT2D eigenvalue weighted by Gasteiger charge is -2.04. The van der Waals surface area contributed by atoms with E-state index >= 15 is 0 Å². The van der Waals surface area contributed by atoms with E-state index in [-0.39, 0.29) is 11.5 Å². The number of hydrogen-bond acceptors (Lipinski definition) is 6. The average Bonchev–Trinajstić information content (AvgIpc) is 2.34. The molecule has 0 aromatic carbocycles. The van der Waals surface area contributed by atoms with Crippen molar-refractivity contribution in [2.24, 2.45) is 0 Å². The molecule has 0 N–H and O–H groups in total. The van der Waals surface area contributed by atoms with Gasteiger partial charge in [0.15, 0.2) is 5.75 Å². The van der Waals surface area contributed by atoms with Gasteiger partial charge in [-0.2, -0.15) is 5.10 Å². The van der Waals surface area contributed by atoms with Gasteiger partial charge in [-0.15, -0.1) is 4.20 Å². The number of aromatic nitrogens is 3. The summed E-state index contributed by atoms with van der Waals surface area (Å²) in [5, 5.41) is 14.2. The summed E-state index contributed by atoms with van der Waals surface area (Å²) >= 11 is 5.38. The smallest absolute Gasteiger partial charge is 0.406 e. The molecule has 0 radical (unpaired) electrons. The number of hydrogen-bond donors (Lipinski definition) is 0. The normalized spacial score (nSPS) is 10.1. The zero-order chi connectivity index (χ0) is 13.1.